The van der Waals surface area contributed by atoms with Gasteiger partial charge in [-0.1, -0.05) is 30.3 Å². The molecule has 2 unspecified atom stereocenters. The fourth-order valence-electron chi connectivity index (χ4n) is 3.81. The average Bonchev–Trinajstić information content (AvgIpc) is 2.86. The third-order valence-electron chi connectivity index (χ3n) is 5.30. The van der Waals surface area contributed by atoms with Gasteiger partial charge in [-0.15, -0.1) is 11.8 Å². The summed E-state index contributed by atoms with van der Waals surface area (Å²) in [6.45, 7) is 2.17. The fraction of sp³-hybridized carbons (Fsp3) is 0.474. The van der Waals surface area contributed by atoms with Gasteiger partial charge in [0.05, 0.1) is 12.4 Å². The van der Waals surface area contributed by atoms with Crippen LogP contribution < -0.4 is 4.90 Å². The van der Waals surface area contributed by atoms with E-state index in [2.05, 4.69) is 52.2 Å². The molecule has 2 aliphatic rings. The van der Waals surface area contributed by atoms with Crippen molar-refractivity contribution in [3.63, 3.8) is 0 Å². The average molecular weight is 340 g/mol. The van der Waals surface area contributed by atoms with Gasteiger partial charge in [0, 0.05) is 30.9 Å². The van der Waals surface area contributed by atoms with Crippen molar-refractivity contribution in [2.24, 2.45) is 0 Å². The number of rotatable bonds is 4. The van der Waals surface area contributed by atoms with Crippen LogP contribution in [-0.4, -0.2) is 47.1 Å². The molecule has 2 bridgehead atoms. The summed E-state index contributed by atoms with van der Waals surface area (Å²) >= 11 is 1.76. The smallest absolute Gasteiger partial charge is 0.148 e. The molecule has 0 spiro atoms. The Hall–Kier alpha value is -1.59. The molecule has 2 fully saturated rings. The second-order valence-electron chi connectivity index (χ2n) is 6.77. The Balaban J connectivity index is 1.44. The predicted molar refractivity (Wildman–Crippen MR) is 99.4 cm³/mol. The van der Waals surface area contributed by atoms with E-state index in [0.29, 0.717) is 6.04 Å². The van der Waals surface area contributed by atoms with Gasteiger partial charge >= 0.3 is 0 Å². The summed E-state index contributed by atoms with van der Waals surface area (Å²) in [5, 5.41) is 1.01. The first kappa shape index (κ1) is 15.9. The summed E-state index contributed by atoms with van der Waals surface area (Å²) in [7, 11) is 2.28. The van der Waals surface area contributed by atoms with E-state index < -0.39 is 0 Å². The molecule has 2 aliphatic heterocycles. The van der Waals surface area contributed by atoms with Crippen LogP contribution >= 0.6 is 11.8 Å². The van der Waals surface area contributed by atoms with Crippen LogP contribution in [0, 0.1) is 0 Å². The largest absolute Gasteiger partial charge is 0.354 e. The van der Waals surface area contributed by atoms with Gasteiger partial charge in [-0.2, -0.15) is 0 Å². The number of anilines is 1. The lowest BCUT2D eigenvalue weighted by atomic mass is 10.1. The zero-order valence-electron chi connectivity index (χ0n) is 14.1. The minimum atomic E-state index is 0.667. The quantitative estimate of drug-likeness (QED) is 0.796. The number of thioether (sulfide) groups is 1. The van der Waals surface area contributed by atoms with E-state index in [9.17, 15) is 0 Å². The van der Waals surface area contributed by atoms with Gasteiger partial charge in [0.2, 0.25) is 0 Å². The first-order valence-electron chi connectivity index (χ1n) is 8.75. The van der Waals surface area contributed by atoms with E-state index in [1.165, 1.54) is 24.8 Å². The molecule has 4 rings (SSSR count). The van der Waals surface area contributed by atoms with Crippen molar-refractivity contribution in [3.8, 4) is 0 Å². The molecule has 2 saturated heterocycles. The van der Waals surface area contributed by atoms with E-state index >= 15 is 0 Å². The van der Waals surface area contributed by atoms with Crippen LogP contribution in [0.4, 0.5) is 5.82 Å². The lowest BCUT2D eigenvalue weighted by Crippen LogP contribution is -2.37. The number of hydrogen-bond donors (Lipinski definition) is 0. The third-order valence-corrected chi connectivity index (χ3v) is 6.27. The molecule has 1 aromatic carbocycles. The maximum Gasteiger partial charge on any atom is 0.148 e. The summed E-state index contributed by atoms with van der Waals surface area (Å²) in [4.78, 5) is 14.3. The molecule has 1 aromatic heterocycles. The number of nitrogens with zero attached hydrogens (tertiary/aromatic N) is 4. The fourth-order valence-corrected chi connectivity index (χ4v) is 4.61. The minimum absolute atomic E-state index is 0.667. The predicted octanol–water partition coefficient (Wildman–Crippen LogP) is 3.44. The number of fused-ring (bicyclic) bond motifs is 2. The van der Waals surface area contributed by atoms with Crippen molar-refractivity contribution >= 4 is 17.6 Å². The molecule has 24 heavy (non-hydrogen) atoms. The highest BCUT2D eigenvalue weighted by Crippen LogP contribution is 2.30. The van der Waals surface area contributed by atoms with E-state index in [1.807, 2.05) is 12.4 Å². The summed E-state index contributed by atoms with van der Waals surface area (Å²) in [5.74, 6) is 1.97. The van der Waals surface area contributed by atoms with E-state index in [-0.39, 0.29) is 0 Å². The number of benzene rings is 1. The normalized spacial score (nSPS) is 24.1. The first-order valence-corrected chi connectivity index (χ1v) is 9.74. The van der Waals surface area contributed by atoms with Crippen molar-refractivity contribution in [1.29, 1.82) is 0 Å². The number of aromatic nitrogens is 2. The van der Waals surface area contributed by atoms with Crippen molar-refractivity contribution in [1.82, 2.24) is 14.9 Å². The molecule has 126 valence electrons. The van der Waals surface area contributed by atoms with Crippen LogP contribution in [0.25, 0.3) is 0 Å². The zero-order chi connectivity index (χ0) is 16.4. The van der Waals surface area contributed by atoms with Crippen LogP contribution in [0.3, 0.4) is 0 Å². The highest BCUT2D eigenvalue weighted by atomic mass is 32.2. The lowest BCUT2D eigenvalue weighted by Gasteiger charge is -2.26. The van der Waals surface area contributed by atoms with Crippen molar-refractivity contribution in [2.45, 2.75) is 42.1 Å². The summed E-state index contributed by atoms with van der Waals surface area (Å²) in [6, 6.07) is 12.0. The molecule has 0 aliphatic carbocycles. The highest BCUT2D eigenvalue weighted by Gasteiger charge is 2.35. The van der Waals surface area contributed by atoms with Crippen LogP contribution in [0.15, 0.2) is 47.8 Å². The molecule has 0 radical (unpaired) electrons. The van der Waals surface area contributed by atoms with E-state index in [0.717, 1.165) is 35.7 Å². The second kappa shape index (κ2) is 7.11. The third kappa shape index (κ3) is 3.42. The standard InChI is InChI=1S/C19H24N4S/c1-22-16-7-8-17(22)13-23(10-9-16)18-11-20-12-19(21-18)24-14-15-5-3-2-4-6-15/h2-6,11-12,16-17H,7-10,13-14H2,1H3. The van der Waals surface area contributed by atoms with E-state index in [1.54, 1.807) is 11.8 Å². The Morgan fingerprint density at radius 2 is 1.92 bits per heavy atom. The monoisotopic (exact) mass is 340 g/mol. The lowest BCUT2D eigenvalue weighted by molar-refractivity contribution is 0.254. The molecule has 3 heterocycles. The van der Waals surface area contributed by atoms with Crippen molar-refractivity contribution < 1.29 is 0 Å². The van der Waals surface area contributed by atoms with Crippen LogP contribution in [0.5, 0.6) is 0 Å². The molecule has 2 atom stereocenters. The van der Waals surface area contributed by atoms with Crippen molar-refractivity contribution in [2.75, 3.05) is 25.0 Å². The first-order chi connectivity index (χ1) is 11.8. The maximum atomic E-state index is 4.87. The maximum absolute atomic E-state index is 4.87. The Labute approximate surface area is 148 Å². The second-order valence-corrected chi connectivity index (χ2v) is 7.77. The van der Waals surface area contributed by atoms with Crippen molar-refractivity contribution in [3.05, 3.63) is 48.3 Å². The highest BCUT2D eigenvalue weighted by molar-refractivity contribution is 7.98. The zero-order valence-corrected chi connectivity index (χ0v) is 15.0. The summed E-state index contributed by atoms with van der Waals surface area (Å²) in [6.07, 6.45) is 7.70. The van der Waals surface area contributed by atoms with Gasteiger partial charge in [-0.05, 0) is 31.9 Å². The molecular weight excluding hydrogens is 316 g/mol. The van der Waals surface area contributed by atoms with Crippen LogP contribution in [-0.2, 0) is 5.75 Å². The van der Waals surface area contributed by atoms with Gasteiger partial charge in [-0.25, -0.2) is 4.98 Å². The molecule has 0 saturated carbocycles. The minimum Gasteiger partial charge on any atom is -0.354 e. The molecular formula is C19H24N4S. The van der Waals surface area contributed by atoms with Gasteiger partial charge in [-0.3, -0.25) is 9.88 Å². The van der Waals surface area contributed by atoms with Gasteiger partial charge < -0.3 is 4.90 Å². The Kier molecular flexibility index (Phi) is 4.72. The van der Waals surface area contributed by atoms with Crippen LogP contribution in [0.1, 0.15) is 24.8 Å². The topological polar surface area (TPSA) is 32.3 Å². The molecule has 5 heteroatoms. The van der Waals surface area contributed by atoms with Gasteiger partial charge in [0.15, 0.2) is 0 Å². The number of likely N-dealkylation sites (N-methyl/N-ethyl adjacent to an activating group) is 1. The molecule has 0 amide bonds. The van der Waals surface area contributed by atoms with Gasteiger partial charge in [0.25, 0.3) is 0 Å². The van der Waals surface area contributed by atoms with Crippen LogP contribution in [0.2, 0.25) is 0 Å². The molecule has 4 nitrogen and oxygen atoms in total. The number of hydrogen-bond acceptors (Lipinski definition) is 5. The molecule has 2 aromatic rings. The van der Waals surface area contributed by atoms with Gasteiger partial charge in [0.1, 0.15) is 10.8 Å². The summed E-state index contributed by atoms with van der Waals surface area (Å²) < 4.78 is 0. The SMILES string of the molecule is CN1C2CCC1CN(c1cncc(SCc3ccccc3)n1)CC2. The Morgan fingerprint density at radius 1 is 1.08 bits per heavy atom. The van der Waals surface area contributed by atoms with E-state index in [4.69, 9.17) is 4.98 Å². The summed E-state index contributed by atoms with van der Waals surface area (Å²) in [5.41, 5.74) is 1.32. The molecule has 0 N–H and O–H groups in total. The Bertz CT molecular complexity index is 678. The Morgan fingerprint density at radius 3 is 2.79 bits per heavy atom.